The number of rotatable bonds is 7. The third-order valence-corrected chi connectivity index (χ3v) is 2.67. The largest absolute Gasteiger partial charge is 0.494 e. The number of hydrogen-bond acceptors (Lipinski definition) is 3. The minimum atomic E-state index is -4.26. The topological polar surface area (TPSA) is 32.7 Å². The Bertz CT molecular complexity index is 392. The lowest BCUT2D eigenvalue weighted by Crippen LogP contribution is -2.34. The lowest BCUT2D eigenvalue weighted by Gasteiger charge is -2.22. The van der Waals surface area contributed by atoms with Gasteiger partial charge in [-0.1, -0.05) is 19.1 Å². The van der Waals surface area contributed by atoms with Crippen molar-refractivity contribution in [2.75, 3.05) is 26.7 Å². The van der Waals surface area contributed by atoms with E-state index < -0.39 is 18.8 Å². The number of alkyl halides is 3. The molecule has 3 nitrogen and oxygen atoms in total. The zero-order valence-corrected chi connectivity index (χ0v) is 11.7. The van der Waals surface area contributed by atoms with E-state index in [0.717, 1.165) is 11.3 Å². The van der Waals surface area contributed by atoms with Crippen molar-refractivity contribution < 1.29 is 23.0 Å². The Hall–Kier alpha value is -1.27. The van der Waals surface area contributed by atoms with E-state index >= 15 is 0 Å². The van der Waals surface area contributed by atoms with Crippen molar-refractivity contribution in [2.24, 2.45) is 0 Å². The number of hydrogen-bond donors (Lipinski definition) is 1. The normalized spacial score (nSPS) is 13.6. The number of halogens is 3. The molecule has 0 aliphatic heterocycles. The molecule has 0 saturated heterocycles. The number of aliphatic hydroxyl groups excluding tert-OH is 1. The quantitative estimate of drug-likeness (QED) is 0.838. The highest BCUT2D eigenvalue weighted by Gasteiger charge is 2.29. The zero-order chi connectivity index (χ0) is 15.2. The molecule has 1 N–H and O–H groups in total. The number of ether oxygens (including phenoxy) is 1. The molecule has 6 heteroatoms. The van der Waals surface area contributed by atoms with Crippen LogP contribution in [0.2, 0.25) is 0 Å². The predicted molar refractivity (Wildman–Crippen MR) is 70.7 cm³/mol. The van der Waals surface area contributed by atoms with E-state index in [0.29, 0.717) is 17.9 Å². The second-order valence-corrected chi connectivity index (χ2v) is 4.75. The fourth-order valence-electron chi connectivity index (χ4n) is 1.78. The average Bonchev–Trinajstić information content (AvgIpc) is 2.34. The van der Waals surface area contributed by atoms with Crippen molar-refractivity contribution in [1.82, 2.24) is 4.90 Å². The van der Waals surface area contributed by atoms with Gasteiger partial charge in [-0.3, -0.25) is 4.90 Å². The third-order valence-electron chi connectivity index (χ3n) is 2.67. The Labute approximate surface area is 117 Å². The third kappa shape index (κ3) is 6.25. The molecule has 0 amide bonds. The van der Waals surface area contributed by atoms with Crippen molar-refractivity contribution >= 4 is 0 Å². The van der Waals surface area contributed by atoms with Gasteiger partial charge in [-0.25, -0.2) is 0 Å². The van der Waals surface area contributed by atoms with E-state index in [2.05, 4.69) is 0 Å². The van der Waals surface area contributed by atoms with Gasteiger partial charge in [0.15, 0.2) is 0 Å². The summed E-state index contributed by atoms with van der Waals surface area (Å²) in [4.78, 5) is 1.05. The molecule has 0 heterocycles. The molecule has 0 spiro atoms. The van der Waals surface area contributed by atoms with Crippen LogP contribution in [0.25, 0.3) is 0 Å². The predicted octanol–water partition coefficient (Wildman–Crippen LogP) is 3.00. The van der Waals surface area contributed by atoms with Crippen molar-refractivity contribution in [2.45, 2.75) is 25.6 Å². The van der Waals surface area contributed by atoms with Gasteiger partial charge in [0.25, 0.3) is 0 Å². The van der Waals surface area contributed by atoms with Gasteiger partial charge in [-0.15, -0.1) is 0 Å². The summed E-state index contributed by atoms with van der Waals surface area (Å²) in [6, 6.07) is 6.74. The summed E-state index contributed by atoms with van der Waals surface area (Å²) in [7, 11) is 1.33. The first-order valence-corrected chi connectivity index (χ1v) is 6.48. The molecule has 1 aromatic rings. The van der Waals surface area contributed by atoms with Crippen molar-refractivity contribution in [3.63, 3.8) is 0 Å². The Kier molecular flexibility index (Phi) is 6.29. The van der Waals surface area contributed by atoms with Gasteiger partial charge >= 0.3 is 6.18 Å². The Balaban J connectivity index is 2.52. The van der Waals surface area contributed by atoms with E-state index in [-0.39, 0.29) is 6.54 Å². The van der Waals surface area contributed by atoms with Gasteiger partial charge < -0.3 is 9.84 Å². The van der Waals surface area contributed by atoms with Crippen LogP contribution in [0.5, 0.6) is 5.75 Å². The van der Waals surface area contributed by atoms with Gasteiger partial charge in [0.2, 0.25) is 0 Å². The van der Waals surface area contributed by atoms with Crippen molar-refractivity contribution in [3.8, 4) is 5.75 Å². The molecule has 0 saturated carbocycles. The molecule has 0 fully saturated rings. The molecule has 1 rings (SSSR count). The van der Waals surface area contributed by atoms with Gasteiger partial charge in [-0.2, -0.15) is 13.2 Å². The van der Waals surface area contributed by atoms with E-state index in [1.807, 2.05) is 6.92 Å². The molecule has 1 atom stereocenters. The van der Waals surface area contributed by atoms with E-state index in [9.17, 15) is 18.3 Å². The smallest absolute Gasteiger partial charge is 0.401 e. The summed E-state index contributed by atoms with van der Waals surface area (Å²) in [5.74, 6) is 0.687. The van der Waals surface area contributed by atoms with Gasteiger partial charge in [0.05, 0.1) is 19.3 Å². The average molecular weight is 291 g/mol. The maximum Gasteiger partial charge on any atom is 0.401 e. The first-order chi connectivity index (χ1) is 9.31. The highest BCUT2D eigenvalue weighted by molar-refractivity contribution is 5.28. The maximum atomic E-state index is 12.2. The van der Waals surface area contributed by atoms with Crippen LogP contribution in [-0.2, 0) is 0 Å². The van der Waals surface area contributed by atoms with Crippen LogP contribution in [0.3, 0.4) is 0 Å². The molecule has 0 radical (unpaired) electrons. The summed E-state index contributed by atoms with van der Waals surface area (Å²) in [6.07, 6.45) is -4.32. The molecule has 1 unspecified atom stereocenters. The van der Waals surface area contributed by atoms with Crippen LogP contribution in [0, 0.1) is 0 Å². The summed E-state index contributed by atoms with van der Waals surface area (Å²) in [5.41, 5.74) is 0.572. The number of aliphatic hydroxyl groups is 1. The minimum Gasteiger partial charge on any atom is -0.494 e. The lowest BCUT2D eigenvalue weighted by molar-refractivity contribution is -0.145. The van der Waals surface area contributed by atoms with Crippen molar-refractivity contribution in [1.29, 1.82) is 0 Å². The molecule has 114 valence electrons. The maximum absolute atomic E-state index is 12.2. The first-order valence-electron chi connectivity index (χ1n) is 6.48. The minimum absolute atomic E-state index is 0.0747. The van der Waals surface area contributed by atoms with E-state index in [1.54, 1.807) is 24.3 Å². The first kappa shape index (κ1) is 16.8. The highest BCUT2D eigenvalue weighted by atomic mass is 19.4. The van der Waals surface area contributed by atoms with Crippen LogP contribution in [0.15, 0.2) is 24.3 Å². The standard InChI is InChI=1S/C14H20F3NO2/c1-3-8-20-12-6-4-11(5-7-12)13(19)9-18(2)10-14(15,16)17/h4-7,13,19H,3,8-10H2,1-2H3. The summed E-state index contributed by atoms with van der Waals surface area (Å²) >= 11 is 0. The molecular formula is C14H20F3NO2. The van der Waals surface area contributed by atoms with Gasteiger partial charge in [0.1, 0.15) is 5.75 Å². The summed E-state index contributed by atoms with van der Waals surface area (Å²) < 4.78 is 42.0. The Morgan fingerprint density at radius 2 is 1.85 bits per heavy atom. The van der Waals surface area contributed by atoms with Crippen LogP contribution >= 0.6 is 0 Å². The molecule has 0 aromatic heterocycles. The van der Waals surface area contributed by atoms with Crippen molar-refractivity contribution in [3.05, 3.63) is 29.8 Å². The lowest BCUT2D eigenvalue weighted by atomic mass is 10.1. The number of nitrogens with zero attached hydrogens (tertiary/aromatic N) is 1. The Morgan fingerprint density at radius 3 is 2.35 bits per heavy atom. The fourth-order valence-corrected chi connectivity index (χ4v) is 1.78. The molecule has 0 bridgehead atoms. The second-order valence-electron chi connectivity index (χ2n) is 4.75. The van der Waals surface area contributed by atoms with Gasteiger partial charge in [-0.05, 0) is 31.2 Å². The number of likely N-dealkylation sites (N-methyl/N-ethyl adjacent to an activating group) is 1. The van der Waals surface area contributed by atoms with Gasteiger partial charge in [0, 0.05) is 6.54 Å². The number of benzene rings is 1. The second kappa shape index (κ2) is 7.50. The SMILES string of the molecule is CCCOc1ccc(C(O)CN(C)CC(F)(F)F)cc1. The fraction of sp³-hybridized carbons (Fsp3) is 0.571. The molecular weight excluding hydrogens is 271 g/mol. The van der Waals surface area contributed by atoms with E-state index in [1.165, 1.54) is 7.05 Å². The highest BCUT2D eigenvalue weighted by Crippen LogP contribution is 2.21. The van der Waals surface area contributed by atoms with Crippen LogP contribution in [-0.4, -0.2) is 42.9 Å². The molecule has 20 heavy (non-hydrogen) atoms. The van der Waals surface area contributed by atoms with Crippen LogP contribution in [0.1, 0.15) is 25.0 Å². The molecule has 0 aliphatic rings. The molecule has 0 aliphatic carbocycles. The summed E-state index contributed by atoms with van der Waals surface area (Å²) in [6.45, 7) is 1.49. The zero-order valence-electron chi connectivity index (χ0n) is 11.7. The van der Waals surface area contributed by atoms with Crippen LogP contribution in [0.4, 0.5) is 13.2 Å². The monoisotopic (exact) mass is 291 g/mol. The molecule has 1 aromatic carbocycles. The van der Waals surface area contributed by atoms with Crippen LogP contribution < -0.4 is 4.74 Å². The van der Waals surface area contributed by atoms with E-state index in [4.69, 9.17) is 4.74 Å². The summed E-state index contributed by atoms with van der Waals surface area (Å²) in [5, 5.41) is 9.90. The Morgan fingerprint density at radius 1 is 1.25 bits per heavy atom.